The molecule has 1 saturated heterocycles. The molecule has 0 aliphatic carbocycles. The van der Waals surface area contributed by atoms with Gasteiger partial charge in [0.15, 0.2) is 6.10 Å². The van der Waals surface area contributed by atoms with Gasteiger partial charge in [0, 0.05) is 5.92 Å². The van der Waals surface area contributed by atoms with Gasteiger partial charge < -0.3 is 30.0 Å². The predicted octanol–water partition coefficient (Wildman–Crippen LogP) is -0.0275. The Morgan fingerprint density at radius 3 is 2.61 bits per heavy atom. The molecule has 0 radical (unpaired) electrons. The Morgan fingerprint density at radius 2 is 1.93 bits per heavy atom. The van der Waals surface area contributed by atoms with Crippen molar-refractivity contribution in [2.24, 2.45) is 0 Å². The van der Waals surface area contributed by atoms with Crippen molar-refractivity contribution >= 4 is 5.97 Å². The molecule has 9 heteroatoms. The van der Waals surface area contributed by atoms with Crippen molar-refractivity contribution in [2.45, 2.75) is 57.4 Å². The van der Waals surface area contributed by atoms with Crippen molar-refractivity contribution in [1.29, 1.82) is 0 Å². The third-order valence-electron chi connectivity index (χ3n) is 5.18. The van der Waals surface area contributed by atoms with E-state index in [1.54, 1.807) is 6.20 Å². The first-order chi connectivity index (χ1) is 13.2. The number of benzene rings is 1. The van der Waals surface area contributed by atoms with E-state index in [0.717, 1.165) is 11.1 Å². The van der Waals surface area contributed by atoms with Gasteiger partial charge in [-0.25, -0.2) is 9.78 Å². The van der Waals surface area contributed by atoms with E-state index in [1.165, 1.54) is 16.6 Å². The first kappa shape index (κ1) is 20.3. The van der Waals surface area contributed by atoms with Crippen LogP contribution in [0.2, 0.25) is 0 Å². The van der Waals surface area contributed by atoms with Crippen LogP contribution in [0, 0.1) is 13.8 Å². The van der Waals surface area contributed by atoms with Gasteiger partial charge in [0.05, 0.1) is 11.9 Å². The Hall–Kier alpha value is -2.46. The lowest BCUT2D eigenvalue weighted by Gasteiger charge is -2.37. The number of ether oxygens (including phenoxy) is 1. The fourth-order valence-electron chi connectivity index (χ4n) is 3.26. The van der Waals surface area contributed by atoms with E-state index in [1.807, 2.05) is 39.0 Å². The SMILES string of the molecule is Cc1cccc([C@H](C)c2cn(OC3O[C@H](C(=O)O)[C@@H](O)[C@H](O)[C@H]3O)cn2)c1C. The van der Waals surface area contributed by atoms with Crippen molar-refractivity contribution in [1.82, 2.24) is 9.71 Å². The number of aliphatic hydroxyl groups is 3. The Morgan fingerprint density at radius 1 is 1.21 bits per heavy atom. The summed E-state index contributed by atoms with van der Waals surface area (Å²) in [6, 6.07) is 6.04. The summed E-state index contributed by atoms with van der Waals surface area (Å²) in [7, 11) is 0. The number of aliphatic hydroxyl groups excluding tert-OH is 3. The minimum absolute atomic E-state index is 0.0267. The van der Waals surface area contributed by atoms with Gasteiger partial charge in [-0.3, -0.25) is 0 Å². The Labute approximate surface area is 161 Å². The molecule has 0 bridgehead atoms. The van der Waals surface area contributed by atoms with Crippen molar-refractivity contribution in [3.05, 3.63) is 53.1 Å². The standard InChI is InChI=1S/C19H24N2O7/c1-9-5-4-6-12(10(9)2)11(3)13-7-21(8-20-13)28-19-16(24)14(22)15(23)17(27-19)18(25)26/h4-8,11,14-17,19,22-24H,1-3H3,(H,25,26)/t11-,14-,15-,16+,17-,19?/m0/s1. The number of aromatic nitrogens is 2. The van der Waals surface area contributed by atoms with Crippen molar-refractivity contribution < 1.29 is 34.8 Å². The number of nitrogens with zero attached hydrogens (tertiary/aromatic N) is 2. The third kappa shape index (κ3) is 3.74. The predicted molar refractivity (Wildman–Crippen MR) is 96.6 cm³/mol. The van der Waals surface area contributed by atoms with Gasteiger partial charge in [0.25, 0.3) is 6.29 Å². The zero-order chi connectivity index (χ0) is 20.6. The second-order valence-corrected chi connectivity index (χ2v) is 7.01. The third-order valence-corrected chi connectivity index (χ3v) is 5.18. The van der Waals surface area contributed by atoms with Crippen LogP contribution in [0.1, 0.15) is 35.2 Å². The molecule has 0 saturated carbocycles. The maximum atomic E-state index is 11.2. The van der Waals surface area contributed by atoms with Gasteiger partial charge in [0.1, 0.15) is 24.6 Å². The fraction of sp³-hybridized carbons (Fsp3) is 0.474. The summed E-state index contributed by atoms with van der Waals surface area (Å²) in [5, 5.41) is 38.7. The lowest BCUT2D eigenvalue weighted by molar-refractivity contribution is -0.293. The van der Waals surface area contributed by atoms with Gasteiger partial charge in [-0.1, -0.05) is 25.1 Å². The largest absolute Gasteiger partial charge is 0.479 e. The molecular formula is C19H24N2O7. The van der Waals surface area contributed by atoms with E-state index >= 15 is 0 Å². The number of carboxylic acid groups (broad SMARTS) is 1. The van der Waals surface area contributed by atoms with Crippen LogP contribution < -0.4 is 4.84 Å². The van der Waals surface area contributed by atoms with E-state index in [0.29, 0.717) is 5.69 Å². The Balaban J connectivity index is 1.77. The number of hydrogen-bond donors (Lipinski definition) is 4. The molecule has 1 aromatic heterocycles. The molecule has 1 aromatic carbocycles. The summed E-state index contributed by atoms with van der Waals surface area (Å²) >= 11 is 0. The number of hydrogen-bond acceptors (Lipinski definition) is 7. The lowest BCUT2D eigenvalue weighted by atomic mass is 9.92. The van der Waals surface area contributed by atoms with E-state index in [9.17, 15) is 20.1 Å². The number of aliphatic carboxylic acids is 1. The van der Waals surface area contributed by atoms with Gasteiger partial charge in [0.2, 0.25) is 0 Å². The Bertz CT molecular complexity index is 853. The summed E-state index contributed by atoms with van der Waals surface area (Å²) in [6.07, 6.45) is -5.38. The second-order valence-electron chi connectivity index (χ2n) is 7.01. The number of aryl methyl sites for hydroxylation is 1. The van der Waals surface area contributed by atoms with Gasteiger partial charge in [-0.05, 0) is 30.5 Å². The molecule has 1 aliphatic heterocycles. The zero-order valence-electron chi connectivity index (χ0n) is 15.8. The minimum atomic E-state index is -1.77. The van der Waals surface area contributed by atoms with Crippen molar-refractivity contribution in [3.63, 3.8) is 0 Å². The molecule has 0 amide bonds. The number of imidazole rings is 1. The molecule has 4 N–H and O–H groups in total. The van der Waals surface area contributed by atoms with Crippen LogP contribution in [0.4, 0.5) is 0 Å². The molecule has 2 heterocycles. The average molecular weight is 392 g/mol. The smallest absolute Gasteiger partial charge is 0.335 e. The molecule has 1 aliphatic rings. The second kappa shape index (κ2) is 7.88. The highest BCUT2D eigenvalue weighted by molar-refractivity contribution is 5.73. The highest BCUT2D eigenvalue weighted by Gasteiger charge is 2.48. The molecule has 9 nitrogen and oxygen atoms in total. The summed E-state index contributed by atoms with van der Waals surface area (Å²) in [5.41, 5.74) is 4.15. The van der Waals surface area contributed by atoms with Crippen LogP contribution in [0.15, 0.2) is 30.7 Å². The molecule has 28 heavy (non-hydrogen) atoms. The number of carbonyl (C=O) groups is 1. The van der Waals surface area contributed by atoms with Crippen LogP contribution >= 0.6 is 0 Å². The minimum Gasteiger partial charge on any atom is -0.479 e. The molecule has 3 rings (SSSR count). The van der Waals surface area contributed by atoms with Crippen molar-refractivity contribution in [2.75, 3.05) is 0 Å². The molecule has 6 atom stereocenters. The molecule has 152 valence electrons. The summed E-state index contributed by atoms with van der Waals surface area (Å²) in [5.74, 6) is -1.50. The van der Waals surface area contributed by atoms with Crippen LogP contribution in [0.5, 0.6) is 0 Å². The normalized spacial score (nSPS) is 28.7. The zero-order valence-corrected chi connectivity index (χ0v) is 15.8. The Kier molecular flexibility index (Phi) is 5.71. The molecule has 0 spiro atoms. The first-order valence-electron chi connectivity index (χ1n) is 8.90. The van der Waals surface area contributed by atoms with Gasteiger partial charge in [-0.15, -0.1) is 0 Å². The molecule has 1 unspecified atom stereocenters. The fourth-order valence-corrected chi connectivity index (χ4v) is 3.26. The maximum Gasteiger partial charge on any atom is 0.335 e. The van der Waals surface area contributed by atoms with Crippen LogP contribution in [0.3, 0.4) is 0 Å². The van der Waals surface area contributed by atoms with Gasteiger partial charge >= 0.3 is 5.97 Å². The highest BCUT2D eigenvalue weighted by Crippen LogP contribution is 2.27. The first-order valence-corrected chi connectivity index (χ1v) is 8.90. The molecule has 1 fully saturated rings. The maximum absolute atomic E-state index is 11.2. The van der Waals surface area contributed by atoms with Crippen LogP contribution in [-0.4, -0.2) is 66.8 Å². The summed E-state index contributed by atoms with van der Waals surface area (Å²) in [4.78, 5) is 20.9. The number of rotatable bonds is 5. The van der Waals surface area contributed by atoms with E-state index in [4.69, 9.17) is 14.7 Å². The highest BCUT2D eigenvalue weighted by atomic mass is 16.8. The van der Waals surface area contributed by atoms with Crippen molar-refractivity contribution in [3.8, 4) is 0 Å². The molecule has 2 aromatic rings. The van der Waals surface area contributed by atoms with E-state index in [2.05, 4.69) is 4.98 Å². The topological polar surface area (TPSA) is 134 Å². The lowest BCUT2D eigenvalue weighted by Crippen LogP contribution is -2.62. The quantitative estimate of drug-likeness (QED) is 0.557. The number of carboxylic acids is 1. The van der Waals surface area contributed by atoms with E-state index < -0.39 is 36.7 Å². The summed E-state index contributed by atoms with van der Waals surface area (Å²) in [6.45, 7) is 6.08. The van der Waals surface area contributed by atoms with E-state index in [-0.39, 0.29) is 5.92 Å². The van der Waals surface area contributed by atoms with Crippen LogP contribution in [-0.2, 0) is 9.53 Å². The summed E-state index contributed by atoms with van der Waals surface area (Å²) < 4.78 is 6.29. The van der Waals surface area contributed by atoms with Gasteiger partial charge in [-0.2, -0.15) is 4.73 Å². The van der Waals surface area contributed by atoms with Crippen LogP contribution in [0.25, 0.3) is 0 Å². The monoisotopic (exact) mass is 392 g/mol. The average Bonchev–Trinajstić information content (AvgIpc) is 3.12. The molecular weight excluding hydrogens is 368 g/mol.